The average molecular weight is 363 g/mol. The zero-order valence-electron chi connectivity index (χ0n) is 14.5. The highest BCUT2D eigenvalue weighted by Gasteiger charge is 2.13. The van der Waals surface area contributed by atoms with Gasteiger partial charge in [-0.25, -0.2) is 4.98 Å². The number of nitrogens with zero attached hydrogens (tertiary/aromatic N) is 2. The smallest absolute Gasteiger partial charge is 0.141 e. The number of benzene rings is 2. The molecule has 2 aromatic carbocycles. The highest BCUT2D eigenvalue weighted by Crippen LogP contribution is 2.31. The fourth-order valence-electron chi connectivity index (χ4n) is 3.13. The summed E-state index contributed by atoms with van der Waals surface area (Å²) in [5.41, 5.74) is 5.95. The highest BCUT2D eigenvalue weighted by molar-refractivity contribution is 6.30. The summed E-state index contributed by atoms with van der Waals surface area (Å²) in [5.74, 6) is 0.811. The second-order valence-corrected chi connectivity index (χ2v) is 6.65. The van der Waals surface area contributed by atoms with Crippen LogP contribution < -0.4 is 5.32 Å². The van der Waals surface area contributed by atoms with Gasteiger partial charge in [-0.1, -0.05) is 35.0 Å². The number of hydrogen-bond donors (Lipinski definition) is 1. The first kappa shape index (κ1) is 16.6. The molecule has 4 aromatic rings. The zero-order valence-corrected chi connectivity index (χ0v) is 15.3. The van der Waals surface area contributed by atoms with Crippen molar-refractivity contribution in [3.8, 4) is 11.1 Å². The van der Waals surface area contributed by atoms with Crippen LogP contribution in [0.4, 0.5) is 5.69 Å². The van der Waals surface area contributed by atoms with Gasteiger partial charge in [0.15, 0.2) is 0 Å². The first-order chi connectivity index (χ1) is 12.6. The molecule has 4 nitrogen and oxygen atoms in total. The number of hydrogen-bond acceptors (Lipinski definition) is 4. The number of anilines is 1. The van der Waals surface area contributed by atoms with Crippen LogP contribution in [0.3, 0.4) is 0 Å². The number of halogens is 1. The number of fused-ring (bicyclic) bond motifs is 1. The maximum Gasteiger partial charge on any atom is 0.141 e. The Morgan fingerprint density at radius 1 is 1.15 bits per heavy atom. The first-order valence-corrected chi connectivity index (χ1v) is 8.72. The molecule has 0 aliphatic rings. The monoisotopic (exact) mass is 362 g/mol. The molecule has 0 aliphatic carbocycles. The minimum absolute atomic E-state index is 0.670. The van der Waals surface area contributed by atoms with Crippen LogP contribution in [-0.2, 0) is 6.54 Å². The predicted molar refractivity (Wildman–Crippen MR) is 104 cm³/mol. The van der Waals surface area contributed by atoms with Gasteiger partial charge in [-0.05, 0) is 55.3 Å². The average Bonchev–Trinajstić information content (AvgIpc) is 2.98. The van der Waals surface area contributed by atoms with Crippen LogP contribution in [0.1, 0.15) is 17.0 Å². The van der Waals surface area contributed by atoms with Gasteiger partial charge >= 0.3 is 0 Å². The normalized spacial score (nSPS) is 11.0. The molecule has 1 N–H and O–H groups in total. The molecular weight excluding hydrogens is 346 g/mol. The fourth-order valence-corrected chi connectivity index (χ4v) is 3.35. The third-order valence-electron chi connectivity index (χ3n) is 4.37. The Morgan fingerprint density at radius 2 is 2.04 bits per heavy atom. The van der Waals surface area contributed by atoms with E-state index in [0.29, 0.717) is 6.54 Å². The molecule has 4 rings (SSSR count). The fraction of sp³-hybridized carbons (Fsp3) is 0.143. The van der Waals surface area contributed by atoms with E-state index in [2.05, 4.69) is 27.7 Å². The van der Waals surface area contributed by atoms with E-state index < -0.39 is 0 Å². The first-order valence-electron chi connectivity index (χ1n) is 8.34. The van der Waals surface area contributed by atoms with Gasteiger partial charge in [0.2, 0.25) is 0 Å². The van der Waals surface area contributed by atoms with Gasteiger partial charge in [0, 0.05) is 28.2 Å². The number of aromatic nitrogens is 2. The lowest BCUT2D eigenvalue weighted by atomic mass is 10.0. The highest BCUT2D eigenvalue weighted by atomic mass is 35.5. The lowest BCUT2D eigenvalue weighted by molar-refractivity contribution is 0.393. The van der Waals surface area contributed by atoms with Crippen molar-refractivity contribution in [3.63, 3.8) is 0 Å². The molecule has 2 heterocycles. The summed E-state index contributed by atoms with van der Waals surface area (Å²) in [6.45, 7) is 4.54. The van der Waals surface area contributed by atoms with E-state index in [4.69, 9.17) is 16.1 Å². The molecule has 26 heavy (non-hydrogen) atoms. The van der Waals surface area contributed by atoms with E-state index in [-0.39, 0.29) is 0 Å². The minimum Gasteiger partial charge on any atom is -0.380 e. The Kier molecular flexibility index (Phi) is 4.35. The SMILES string of the molecule is Cc1noc(C)c1-c1ccc2n[c]cc(NCc3cccc(Cl)c3)c2c1. The third-order valence-corrected chi connectivity index (χ3v) is 4.61. The van der Waals surface area contributed by atoms with Crippen molar-refractivity contribution < 1.29 is 4.52 Å². The second-order valence-electron chi connectivity index (χ2n) is 6.21. The largest absolute Gasteiger partial charge is 0.380 e. The summed E-state index contributed by atoms with van der Waals surface area (Å²) in [7, 11) is 0. The maximum absolute atomic E-state index is 6.07. The molecule has 0 aliphatic heterocycles. The Bertz CT molecular complexity index is 1070. The van der Waals surface area contributed by atoms with E-state index in [1.54, 1.807) is 0 Å². The molecule has 0 amide bonds. The van der Waals surface area contributed by atoms with Crippen LogP contribution in [0.5, 0.6) is 0 Å². The Labute approximate surface area is 156 Å². The summed E-state index contributed by atoms with van der Waals surface area (Å²) in [5, 5.41) is 9.28. The Balaban J connectivity index is 1.72. The number of pyridine rings is 1. The molecule has 0 bridgehead atoms. The van der Waals surface area contributed by atoms with Crippen LogP contribution in [0.15, 0.2) is 53.1 Å². The standard InChI is InChI=1S/C21H17ClN3O/c1-13-21(14(2)26-25-13)16-6-7-19-18(11-16)20(8-9-23-19)24-12-15-4-3-5-17(22)10-15/h3-8,10-11H,12H2,1-2H3,(H,23,24). The molecule has 0 fully saturated rings. The lowest BCUT2D eigenvalue weighted by Gasteiger charge is -2.11. The maximum atomic E-state index is 6.07. The molecule has 0 saturated heterocycles. The molecule has 129 valence electrons. The van der Waals surface area contributed by atoms with Gasteiger partial charge in [0.25, 0.3) is 0 Å². The molecule has 1 radical (unpaired) electrons. The number of aryl methyl sites for hydroxylation is 2. The minimum atomic E-state index is 0.670. The molecule has 0 unspecified atom stereocenters. The summed E-state index contributed by atoms with van der Waals surface area (Å²) in [6.07, 6.45) is 2.96. The van der Waals surface area contributed by atoms with Gasteiger partial charge in [0.05, 0.1) is 17.4 Å². The van der Waals surface area contributed by atoms with Crippen molar-refractivity contribution in [2.75, 3.05) is 5.32 Å². The van der Waals surface area contributed by atoms with Crippen molar-refractivity contribution >= 4 is 28.2 Å². The third kappa shape index (κ3) is 3.16. The van der Waals surface area contributed by atoms with Gasteiger partial charge in [0.1, 0.15) is 5.76 Å². The van der Waals surface area contributed by atoms with Crippen LogP contribution in [0.2, 0.25) is 5.02 Å². The molecule has 2 aromatic heterocycles. The predicted octanol–water partition coefficient (Wildman–Crippen LogP) is 5.57. The van der Waals surface area contributed by atoms with Crippen LogP contribution in [0, 0.1) is 20.0 Å². The quantitative estimate of drug-likeness (QED) is 0.515. The van der Waals surface area contributed by atoms with Gasteiger partial charge < -0.3 is 9.84 Å². The van der Waals surface area contributed by atoms with Crippen LogP contribution in [-0.4, -0.2) is 10.1 Å². The molecule has 5 heteroatoms. The zero-order chi connectivity index (χ0) is 18.1. The van der Waals surface area contributed by atoms with Crippen molar-refractivity contribution in [3.05, 3.63) is 76.8 Å². The second kappa shape index (κ2) is 6.81. The van der Waals surface area contributed by atoms with Crippen molar-refractivity contribution in [2.24, 2.45) is 0 Å². The lowest BCUT2D eigenvalue weighted by Crippen LogP contribution is -2.00. The molecule has 0 saturated carbocycles. The molecule has 0 atom stereocenters. The van der Waals surface area contributed by atoms with Crippen LogP contribution >= 0.6 is 11.6 Å². The summed E-state index contributed by atoms with van der Waals surface area (Å²) < 4.78 is 5.31. The summed E-state index contributed by atoms with van der Waals surface area (Å²) in [6, 6.07) is 15.8. The molecule has 0 spiro atoms. The Hall–Kier alpha value is -2.85. The van der Waals surface area contributed by atoms with E-state index in [1.165, 1.54) is 0 Å². The van der Waals surface area contributed by atoms with E-state index in [9.17, 15) is 0 Å². The number of rotatable bonds is 4. The molecular formula is C21H17ClN3O. The van der Waals surface area contributed by atoms with E-state index in [1.807, 2.05) is 56.3 Å². The van der Waals surface area contributed by atoms with E-state index in [0.717, 1.165) is 49.8 Å². The number of nitrogens with one attached hydrogen (secondary N) is 1. The Morgan fingerprint density at radius 3 is 2.81 bits per heavy atom. The summed E-state index contributed by atoms with van der Waals surface area (Å²) >= 11 is 6.07. The topological polar surface area (TPSA) is 51.0 Å². The van der Waals surface area contributed by atoms with Crippen molar-refractivity contribution in [1.29, 1.82) is 0 Å². The summed E-state index contributed by atoms with van der Waals surface area (Å²) in [4.78, 5) is 4.35. The van der Waals surface area contributed by atoms with Crippen molar-refractivity contribution in [1.82, 2.24) is 10.1 Å². The van der Waals surface area contributed by atoms with E-state index >= 15 is 0 Å². The van der Waals surface area contributed by atoms with Crippen molar-refractivity contribution in [2.45, 2.75) is 20.4 Å². The van der Waals surface area contributed by atoms with Crippen LogP contribution in [0.25, 0.3) is 22.0 Å². The van der Waals surface area contributed by atoms with Gasteiger partial charge in [-0.2, -0.15) is 0 Å². The van der Waals surface area contributed by atoms with Gasteiger partial charge in [-0.3, -0.25) is 0 Å². The van der Waals surface area contributed by atoms with Gasteiger partial charge in [-0.15, -0.1) is 0 Å².